The van der Waals surface area contributed by atoms with Crippen molar-refractivity contribution in [3.63, 3.8) is 0 Å². The maximum atomic E-state index is 12.9. The molecule has 0 N–H and O–H groups in total. The summed E-state index contributed by atoms with van der Waals surface area (Å²) >= 11 is 0. The van der Waals surface area contributed by atoms with E-state index in [4.69, 9.17) is 4.74 Å². The number of benzene rings is 1. The highest BCUT2D eigenvalue weighted by Crippen LogP contribution is 2.52. The van der Waals surface area contributed by atoms with E-state index in [0.29, 0.717) is 0 Å². The van der Waals surface area contributed by atoms with Crippen LogP contribution in [0.2, 0.25) is 0 Å². The zero-order valence-electron chi connectivity index (χ0n) is 13.8. The summed E-state index contributed by atoms with van der Waals surface area (Å²) in [5.74, 6) is -3.04. The first-order chi connectivity index (χ1) is 12.5. The highest BCUT2D eigenvalue weighted by atomic mass is 19.1. The number of allylic oxidation sites excluding steroid dienone is 2. The van der Waals surface area contributed by atoms with Gasteiger partial charge in [-0.3, -0.25) is 24.1 Å². The van der Waals surface area contributed by atoms with Crippen LogP contribution in [0.3, 0.4) is 0 Å². The Morgan fingerprint density at radius 2 is 1.62 bits per heavy atom. The van der Waals surface area contributed by atoms with Crippen molar-refractivity contribution in [2.24, 2.45) is 23.7 Å². The summed E-state index contributed by atoms with van der Waals surface area (Å²) in [5.41, 5.74) is 0.213. The molecule has 1 aliphatic heterocycles. The van der Waals surface area contributed by atoms with Crippen molar-refractivity contribution in [1.82, 2.24) is 4.90 Å². The van der Waals surface area contributed by atoms with E-state index in [9.17, 15) is 23.6 Å². The van der Waals surface area contributed by atoms with Gasteiger partial charge in [0.1, 0.15) is 12.4 Å². The molecule has 1 saturated heterocycles. The second-order valence-electron chi connectivity index (χ2n) is 6.85. The van der Waals surface area contributed by atoms with Crippen LogP contribution < -0.4 is 0 Å². The third-order valence-electron chi connectivity index (χ3n) is 5.38. The monoisotopic (exact) mass is 357 g/mol. The fourth-order valence-electron chi connectivity index (χ4n) is 4.16. The number of Topliss-reactive ketones (excluding diaryl/α,β-unsaturated/α-hetero) is 1. The van der Waals surface area contributed by atoms with Crippen molar-refractivity contribution in [2.45, 2.75) is 6.42 Å². The fourth-order valence-corrected chi connectivity index (χ4v) is 4.16. The second kappa shape index (κ2) is 6.16. The van der Waals surface area contributed by atoms with Crippen molar-refractivity contribution in [2.75, 3.05) is 13.2 Å². The lowest BCUT2D eigenvalue weighted by molar-refractivity contribution is -0.152. The number of hydrogen-bond donors (Lipinski definition) is 0. The van der Waals surface area contributed by atoms with Crippen LogP contribution in [0.1, 0.15) is 16.8 Å². The lowest BCUT2D eigenvalue weighted by atomic mass is 9.85. The predicted octanol–water partition coefficient (Wildman–Crippen LogP) is 1.36. The van der Waals surface area contributed by atoms with E-state index < -0.39 is 30.7 Å². The Morgan fingerprint density at radius 3 is 2.19 bits per heavy atom. The average Bonchev–Trinajstić information content (AvgIpc) is 3.30. The molecule has 0 spiro atoms. The number of ketones is 1. The van der Waals surface area contributed by atoms with Crippen LogP contribution in [0.25, 0.3) is 0 Å². The lowest BCUT2D eigenvalue weighted by Crippen LogP contribution is -2.38. The van der Waals surface area contributed by atoms with Gasteiger partial charge in [0.05, 0.1) is 11.8 Å². The summed E-state index contributed by atoms with van der Waals surface area (Å²) in [6, 6.07) is 4.86. The number of carbonyl (C=O) groups excluding carboxylic acids is 4. The van der Waals surface area contributed by atoms with Crippen LogP contribution >= 0.6 is 0 Å². The molecule has 1 aromatic carbocycles. The number of carbonyl (C=O) groups is 4. The minimum Gasteiger partial charge on any atom is -0.456 e. The Bertz CT molecular complexity index is 801. The van der Waals surface area contributed by atoms with Crippen LogP contribution in [-0.4, -0.2) is 41.6 Å². The Morgan fingerprint density at radius 1 is 1.04 bits per heavy atom. The molecule has 7 heteroatoms. The van der Waals surface area contributed by atoms with Crippen molar-refractivity contribution < 1.29 is 28.3 Å². The third-order valence-corrected chi connectivity index (χ3v) is 5.38. The summed E-state index contributed by atoms with van der Waals surface area (Å²) in [5, 5.41) is 0. The van der Waals surface area contributed by atoms with Crippen molar-refractivity contribution in [3.8, 4) is 0 Å². The minimum atomic E-state index is -0.817. The largest absolute Gasteiger partial charge is 0.456 e. The van der Waals surface area contributed by atoms with Crippen LogP contribution in [0.5, 0.6) is 0 Å². The normalized spacial score (nSPS) is 28.6. The zero-order valence-corrected chi connectivity index (χ0v) is 13.8. The molecule has 2 bridgehead atoms. The van der Waals surface area contributed by atoms with Gasteiger partial charge in [0.25, 0.3) is 0 Å². The number of imide groups is 1. The van der Waals surface area contributed by atoms with Crippen LogP contribution in [0, 0.1) is 29.5 Å². The predicted molar refractivity (Wildman–Crippen MR) is 86.1 cm³/mol. The van der Waals surface area contributed by atoms with Crippen LogP contribution in [0.4, 0.5) is 4.39 Å². The molecular weight excluding hydrogens is 341 g/mol. The van der Waals surface area contributed by atoms with Crippen molar-refractivity contribution in [1.29, 1.82) is 0 Å². The van der Waals surface area contributed by atoms with Gasteiger partial charge in [-0.15, -0.1) is 0 Å². The standard InChI is InChI=1S/C19H16FNO5/c20-13-5-3-10(4-6-13)14(22)9-26-15(23)8-21-18(24)16-11-1-2-12(7-11)17(16)19(21)25/h1-6,11-12,16-17H,7-9H2/t11-,12+,16-,17-/m0/s1. The van der Waals surface area contributed by atoms with Gasteiger partial charge in [-0.2, -0.15) is 0 Å². The SMILES string of the molecule is O=C(CN1C(=O)[C@@H]2[C@@H](C1=O)[C@H]1C=C[C@@H]2C1)OCC(=O)c1ccc(F)cc1. The second-order valence-corrected chi connectivity index (χ2v) is 6.85. The first-order valence-electron chi connectivity index (χ1n) is 8.43. The van der Waals surface area contributed by atoms with E-state index >= 15 is 0 Å². The number of ether oxygens (including phenoxy) is 1. The molecule has 6 nitrogen and oxygen atoms in total. The Labute approximate surface area is 148 Å². The molecular formula is C19H16FNO5. The van der Waals surface area contributed by atoms with E-state index in [1.54, 1.807) is 0 Å². The molecule has 1 aromatic rings. The van der Waals surface area contributed by atoms with Gasteiger partial charge >= 0.3 is 5.97 Å². The van der Waals surface area contributed by atoms with Gasteiger partial charge in [0, 0.05) is 5.56 Å². The number of amides is 2. The van der Waals surface area contributed by atoms with Crippen LogP contribution in [-0.2, 0) is 19.1 Å². The smallest absolute Gasteiger partial charge is 0.326 e. The van der Waals surface area contributed by atoms with Gasteiger partial charge in [0.2, 0.25) is 11.8 Å². The van der Waals surface area contributed by atoms with E-state index in [0.717, 1.165) is 23.5 Å². The van der Waals surface area contributed by atoms with Gasteiger partial charge in [-0.1, -0.05) is 12.2 Å². The fraction of sp³-hybridized carbons (Fsp3) is 0.368. The van der Waals surface area contributed by atoms with Gasteiger partial charge in [0.15, 0.2) is 12.4 Å². The molecule has 0 aromatic heterocycles. The zero-order chi connectivity index (χ0) is 18.4. The topological polar surface area (TPSA) is 80.8 Å². The first-order valence-corrected chi connectivity index (χ1v) is 8.43. The molecule has 4 rings (SSSR count). The molecule has 134 valence electrons. The molecule has 1 heterocycles. The molecule has 0 radical (unpaired) electrons. The van der Waals surface area contributed by atoms with Crippen molar-refractivity contribution >= 4 is 23.6 Å². The van der Waals surface area contributed by atoms with Gasteiger partial charge < -0.3 is 4.74 Å². The summed E-state index contributed by atoms with van der Waals surface area (Å²) in [6.07, 6.45) is 4.76. The average molecular weight is 357 g/mol. The lowest BCUT2D eigenvalue weighted by Gasteiger charge is -2.16. The molecule has 2 aliphatic carbocycles. The summed E-state index contributed by atoms with van der Waals surface area (Å²) < 4.78 is 17.7. The molecule has 1 saturated carbocycles. The number of nitrogens with zero attached hydrogens (tertiary/aromatic N) is 1. The Balaban J connectivity index is 1.34. The summed E-state index contributed by atoms with van der Waals surface area (Å²) in [4.78, 5) is 49.8. The highest BCUT2D eigenvalue weighted by Gasteiger charge is 2.59. The number of fused-ring (bicyclic) bond motifs is 5. The maximum Gasteiger partial charge on any atom is 0.326 e. The van der Waals surface area contributed by atoms with Crippen molar-refractivity contribution in [3.05, 3.63) is 47.8 Å². The number of halogens is 1. The number of likely N-dealkylation sites (tertiary alicyclic amines) is 1. The molecule has 4 atom stereocenters. The third kappa shape index (κ3) is 2.64. The van der Waals surface area contributed by atoms with E-state index in [1.165, 1.54) is 12.1 Å². The maximum absolute atomic E-state index is 12.9. The molecule has 0 unspecified atom stereocenters. The number of rotatable bonds is 5. The number of hydrogen-bond acceptors (Lipinski definition) is 5. The van der Waals surface area contributed by atoms with Crippen LogP contribution in [0.15, 0.2) is 36.4 Å². The van der Waals surface area contributed by atoms with E-state index in [1.807, 2.05) is 12.2 Å². The van der Waals surface area contributed by atoms with Gasteiger partial charge in [-0.05, 0) is 42.5 Å². The highest BCUT2D eigenvalue weighted by molar-refractivity contribution is 6.08. The summed E-state index contributed by atoms with van der Waals surface area (Å²) in [6.45, 7) is -1.01. The number of esters is 1. The Hall–Kier alpha value is -2.83. The molecule has 2 amide bonds. The molecule has 2 fully saturated rings. The van der Waals surface area contributed by atoms with Gasteiger partial charge in [-0.25, -0.2) is 4.39 Å². The Kier molecular flexibility index (Phi) is 3.94. The first kappa shape index (κ1) is 16.6. The molecule has 26 heavy (non-hydrogen) atoms. The van der Waals surface area contributed by atoms with E-state index in [2.05, 4.69) is 0 Å². The quantitative estimate of drug-likeness (QED) is 0.344. The summed E-state index contributed by atoms with van der Waals surface area (Å²) in [7, 11) is 0. The van der Waals surface area contributed by atoms with E-state index in [-0.39, 0.29) is 41.0 Å². The molecule has 3 aliphatic rings. The minimum absolute atomic E-state index is 0.0718.